The molecule has 6 rings (SSSR count). The van der Waals surface area contributed by atoms with Gasteiger partial charge in [-0.05, 0) is 59.7 Å². The number of carbonyl (C=O) groups excluding carboxylic acids is 2. The Hall–Kier alpha value is -5.38. The highest BCUT2D eigenvalue weighted by atomic mass is 32.2. The molecule has 0 fully saturated rings. The number of rotatable bonds is 14. The minimum Gasteiger partial charge on any atom is -0.497 e. The summed E-state index contributed by atoms with van der Waals surface area (Å²) in [6.07, 6.45) is 2.42. The van der Waals surface area contributed by atoms with Crippen molar-refractivity contribution in [2.24, 2.45) is 0 Å². The quantitative estimate of drug-likeness (QED) is 0.0447. The van der Waals surface area contributed by atoms with Crippen molar-refractivity contribution < 1.29 is 45.0 Å². The summed E-state index contributed by atoms with van der Waals surface area (Å²) in [4.78, 5) is 39.3. The summed E-state index contributed by atoms with van der Waals surface area (Å²) >= 11 is 2.23. The van der Waals surface area contributed by atoms with E-state index in [2.05, 4.69) is 30.6 Å². The van der Waals surface area contributed by atoms with Gasteiger partial charge in [0.05, 0.1) is 47.8 Å². The first-order valence-electron chi connectivity index (χ1n) is 15.5. The number of carbonyl (C=O) groups is 2. The number of imidazole rings is 2. The highest BCUT2D eigenvalue weighted by Gasteiger charge is 2.19. The third-order valence-electron chi connectivity index (χ3n) is 7.61. The van der Waals surface area contributed by atoms with Gasteiger partial charge in [-0.25, -0.2) is 9.97 Å². The monoisotopic (exact) mass is 810 g/mol. The second-order valence-corrected chi connectivity index (χ2v) is 16.0. The maximum absolute atomic E-state index is 12.7. The van der Waals surface area contributed by atoms with E-state index in [1.165, 1.54) is 36.4 Å². The van der Waals surface area contributed by atoms with Gasteiger partial charge < -0.3 is 30.1 Å². The van der Waals surface area contributed by atoms with Crippen molar-refractivity contribution in [3.63, 3.8) is 0 Å². The Morgan fingerprint density at radius 1 is 0.667 bits per heavy atom. The Kier molecular flexibility index (Phi) is 11.3. The summed E-state index contributed by atoms with van der Waals surface area (Å²) in [5.41, 5.74) is 2.83. The fraction of sp³-hybridized carbons (Fsp3) is 0.118. The van der Waals surface area contributed by atoms with E-state index in [1.807, 2.05) is 0 Å². The van der Waals surface area contributed by atoms with Crippen molar-refractivity contribution in [2.45, 2.75) is 20.1 Å². The topological polar surface area (TPSA) is 243 Å². The van der Waals surface area contributed by atoms with Crippen LogP contribution in [0.4, 0.5) is 11.4 Å². The van der Waals surface area contributed by atoms with Crippen LogP contribution in [-0.4, -0.2) is 83.4 Å². The lowest BCUT2D eigenvalue weighted by atomic mass is 10.1. The zero-order valence-electron chi connectivity index (χ0n) is 28.2. The van der Waals surface area contributed by atoms with E-state index >= 15 is 0 Å². The first kappa shape index (κ1) is 38.3. The van der Waals surface area contributed by atoms with Crippen LogP contribution in [0.1, 0.15) is 11.1 Å². The van der Waals surface area contributed by atoms with Gasteiger partial charge in [0, 0.05) is 23.5 Å². The number of amides is 2. The minimum absolute atomic E-state index is 0.0534. The molecule has 54 heavy (non-hydrogen) atoms. The fourth-order valence-electron chi connectivity index (χ4n) is 5.11. The largest absolute Gasteiger partial charge is 0.497 e. The summed E-state index contributed by atoms with van der Waals surface area (Å²) in [7, 11) is -6.57. The fourth-order valence-corrected chi connectivity index (χ4v) is 7.90. The van der Waals surface area contributed by atoms with Gasteiger partial charge in [0.2, 0.25) is 11.8 Å². The second-order valence-electron chi connectivity index (χ2n) is 11.3. The van der Waals surface area contributed by atoms with Crippen LogP contribution in [0, 0.1) is 0 Å². The molecule has 16 nitrogen and oxygen atoms in total. The molecule has 0 unspecified atom stereocenters. The molecule has 0 bridgehead atoms. The molecule has 0 saturated carbocycles. The van der Waals surface area contributed by atoms with Crippen molar-refractivity contribution in [1.82, 2.24) is 19.9 Å². The number of anilines is 2. The van der Waals surface area contributed by atoms with Crippen molar-refractivity contribution >= 4 is 101 Å². The van der Waals surface area contributed by atoms with Crippen LogP contribution in [0.2, 0.25) is 0 Å². The number of aromatic amines is 2. The average molecular weight is 811 g/mol. The number of methoxy groups -OCH3 is 2. The lowest BCUT2D eigenvalue weighted by Crippen LogP contribution is -2.15. The highest BCUT2D eigenvalue weighted by Crippen LogP contribution is 2.28. The maximum Gasteiger partial charge on any atom is 0.295 e. The first-order valence-corrected chi connectivity index (χ1v) is 20.4. The molecule has 2 heterocycles. The van der Waals surface area contributed by atoms with Crippen LogP contribution in [0.15, 0.2) is 92.9 Å². The molecule has 2 amide bonds. The van der Waals surface area contributed by atoms with E-state index in [1.54, 1.807) is 50.6 Å². The van der Waals surface area contributed by atoms with Crippen LogP contribution >= 0.6 is 23.5 Å². The summed E-state index contributed by atoms with van der Waals surface area (Å²) in [6, 6.07) is 18.1. The van der Waals surface area contributed by atoms with Crippen LogP contribution in [0.3, 0.4) is 0 Å². The lowest BCUT2D eigenvalue weighted by Gasteiger charge is -2.10. The van der Waals surface area contributed by atoms with Crippen LogP contribution in [0.25, 0.3) is 34.2 Å². The number of nitrogens with one attached hydrogen (secondary N) is 4. The number of benzene rings is 4. The predicted octanol–water partition coefficient (Wildman–Crippen LogP) is 5.58. The minimum atomic E-state index is -4.83. The van der Waals surface area contributed by atoms with Gasteiger partial charge in [0.25, 0.3) is 20.2 Å². The van der Waals surface area contributed by atoms with Gasteiger partial charge >= 0.3 is 0 Å². The van der Waals surface area contributed by atoms with Crippen LogP contribution < -0.4 is 20.1 Å². The molecule has 0 spiro atoms. The number of ether oxygens (including phenoxy) is 2. The highest BCUT2D eigenvalue weighted by molar-refractivity contribution is 8.00. The second kappa shape index (κ2) is 15.9. The third kappa shape index (κ3) is 9.40. The van der Waals surface area contributed by atoms with E-state index < -0.39 is 41.8 Å². The van der Waals surface area contributed by atoms with Gasteiger partial charge in [-0.1, -0.05) is 47.8 Å². The number of hydrogen-bond donors (Lipinski definition) is 6. The molecule has 0 aliphatic heterocycles. The van der Waals surface area contributed by atoms with E-state index in [4.69, 9.17) is 9.47 Å². The normalized spacial score (nSPS) is 12.0. The average Bonchev–Trinajstić information content (AvgIpc) is 3.74. The summed E-state index contributed by atoms with van der Waals surface area (Å²) in [5, 5.41) is 6.11. The van der Waals surface area contributed by atoms with E-state index in [0.29, 0.717) is 32.8 Å². The van der Waals surface area contributed by atoms with Gasteiger partial charge in [0.1, 0.15) is 21.3 Å². The molecule has 0 aliphatic rings. The molecule has 6 N–H and O–H groups in total. The maximum atomic E-state index is 12.7. The molecule has 0 radical (unpaired) electrons. The Bertz CT molecular complexity index is 2480. The van der Waals surface area contributed by atoms with Crippen molar-refractivity contribution in [3.05, 3.63) is 83.9 Å². The molecule has 20 heteroatoms. The van der Waals surface area contributed by atoms with Crippen molar-refractivity contribution in [2.75, 3.05) is 36.4 Å². The van der Waals surface area contributed by atoms with Gasteiger partial charge in [-0.2, -0.15) is 16.8 Å². The zero-order chi connectivity index (χ0) is 38.6. The molecule has 0 aliphatic carbocycles. The predicted molar refractivity (Wildman–Crippen MR) is 205 cm³/mol. The Balaban J connectivity index is 1.12. The summed E-state index contributed by atoms with van der Waals surface area (Å²) < 4.78 is 79.7. The SMILES string of the molecule is COc1ccc2nc(SCC(=O)Nc3ccc(/C=C/c4ccc(NC(=O)CSc5nc6ccc(OC)cc6[nH]5)cc4S(=O)(=O)O)c(S(=O)(=O)O)c3)[nH]c2c1. The zero-order valence-corrected chi connectivity index (χ0v) is 31.5. The number of H-pyrrole nitrogens is 2. The Morgan fingerprint density at radius 3 is 1.44 bits per heavy atom. The van der Waals surface area contributed by atoms with E-state index in [0.717, 1.165) is 46.7 Å². The molecule has 0 atom stereocenters. The molecular weight excluding hydrogens is 781 g/mol. The van der Waals surface area contributed by atoms with Crippen molar-refractivity contribution in [3.8, 4) is 11.5 Å². The standard InChI is InChI=1S/C34H30N6O10S4/c1-49-23-9-11-25-27(15-23)39-33(37-25)51-17-31(41)35-21-7-5-19(29(13-21)53(43,44)45)3-4-20-6-8-22(14-30(20)54(46,47)48)36-32(42)18-52-34-38-26-12-10-24(50-2)16-28(26)40-34/h3-16H,17-18H2,1-2H3,(H,35,41)(H,36,42)(H,37,39)(H,38,40)(H,43,44,45)(H,46,47,48)/b4-3+. The molecule has 2 aromatic heterocycles. The number of aromatic nitrogens is 4. The number of nitrogens with zero attached hydrogens (tertiary/aromatic N) is 2. The third-order valence-corrected chi connectivity index (χ3v) is 11.2. The molecule has 280 valence electrons. The summed E-state index contributed by atoms with van der Waals surface area (Å²) in [5.74, 6) is 0.152. The van der Waals surface area contributed by atoms with Gasteiger partial charge in [-0.15, -0.1) is 0 Å². The van der Waals surface area contributed by atoms with Gasteiger partial charge in [0.15, 0.2) is 10.3 Å². The van der Waals surface area contributed by atoms with E-state index in [-0.39, 0.29) is 34.0 Å². The number of fused-ring (bicyclic) bond motifs is 2. The Morgan fingerprint density at radius 2 is 1.07 bits per heavy atom. The molecule has 0 saturated heterocycles. The number of thioether (sulfide) groups is 2. The van der Waals surface area contributed by atoms with E-state index in [9.17, 15) is 35.5 Å². The smallest absolute Gasteiger partial charge is 0.295 e. The van der Waals surface area contributed by atoms with Crippen LogP contribution in [-0.2, 0) is 29.8 Å². The van der Waals surface area contributed by atoms with Crippen molar-refractivity contribution in [1.29, 1.82) is 0 Å². The lowest BCUT2D eigenvalue weighted by molar-refractivity contribution is -0.114. The van der Waals surface area contributed by atoms with Gasteiger partial charge in [-0.3, -0.25) is 18.7 Å². The first-order chi connectivity index (χ1) is 25.7. The molecular formula is C34H30N6O10S4. The number of hydrogen-bond acceptors (Lipinski definition) is 12. The molecule has 6 aromatic rings. The summed E-state index contributed by atoms with van der Waals surface area (Å²) in [6.45, 7) is 0. The van der Waals surface area contributed by atoms with Crippen LogP contribution in [0.5, 0.6) is 11.5 Å². The Labute approximate surface area is 316 Å². The molecule has 4 aromatic carbocycles.